The molecule has 0 fully saturated rings. The van der Waals surface area contributed by atoms with Crippen molar-refractivity contribution in [1.82, 2.24) is 0 Å². The first-order valence-electron chi connectivity index (χ1n) is 7.36. The van der Waals surface area contributed by atoms with Gasteiger partial charge >= 0.3 is 0 Å². The molecule has 0 aliphatic carbocycles. The molecule has 1 aromatic carbocycles. The number of carbonyl (C=O) groups is 1. The maximum atomic E-state index is 14.1. The van der Waals surface area contributed by atoms with Crippen molar-refractivity contribution >= 4 is 17.3 Å². The van der Waals surface area contributed by atoms with Crippen molar-refractivity contribution in [3.63, 3.8) is 0 Å². The van der Waals surface area contributed by atoms with E-state index in [9.17, 15) is 9.18 Å². The van der Waals surface area contributed by atoms with Crippen LogP contribution < -0.4 is 16.0 Å². The van der Waals surface area contributed by atoms with E-state index in [-0.39, 0.29) is 23.7 Å². The van der Waals surface area contributed by atoms with Crippen molar-refractivity contribution in [3.05, 3.63) is 24.0 Å². The molecule has 0 unspecified atom stereocenters. The van der Waals surface area contributed by atoms with Gasteiger partial charge in [0.1, 0.15) is 5.82 Å². The Balaban J connectivity index is 2.83. The quantitative estimate of drug-likeness (QED) is 0.848. The van der Waals surface area contributed by atoms with E-state index in [1.807, 2.05) is 39.6 Å². The number of nitrogens with zero attached hydrogens (tertiary/aromatic N) is 1. The molecule has 118 valence electrons. The fourth-order valence-corrected chi connectivity index (χ4v) is 1.89. The SMILES string of the molecule is CC[C@H](C)[C@H](N)C(=O)Nc1ccc(N(C)C(C)C)c(F)c1. The smallest absolute Gasteiger partial charge is 0.241 e. The van der Waals surface area contributed by atoms with Crippen LogP contribution in [-0.4, -0.2) is 25.0 Å². The molecule has 0 saturated carbocycles. The van der Waals surface area contributed by atoms with Gasteiger partial charge in [0, 0.05) is 18.8 Å². The first-order valence-corrected chi connectivity index (χ1v) is 7.36. The van der Waals surface area contributed by atoms with Gasteiger partial charge in [0.05, 0.1) is 11.7 Å². The van der Waals surface area contributed by atoms with Crippen LogP contribution in [0.4, 0.5) is 15.8 Å². The zero-order valence-electron chi connectivity index (χ0n) is 13.5. The second-order valence-corrected chi connectivity index (χ2v) is 5.77. The minimum atomic E-state index is -0.587. The number of nitrogens with two attached hydrogens (primary N) is 1. The standard InChI is InChI=1S/C16H26FN3O/c1-6-11(4)15(18)16(21)19-12-7-8-14(13(17)9-12)20(5)10(2)3/h7-11,15H,6,18H2,1-5H3,(H,19,21)/t11-,15-/m0/s1. The van der Waals surface area contributed by atoms with E-state index in [4.69, 9.17) is 5.73 Å². The molecule has 1 rings (SSSR count). The summed E-state index contributed by atoms with van der Waals surface area (Å²) >= 11 is 0. The third kappa shape index (κ3) is 4.43. The minimum absolute atomic E-state index is 0.0844. The predicted octanol–water partition coefficient (Wildman–Crippen LogP) is 2.98. The number of hydrogen-bond donors (Lipinski definition) is 2. The number of amides is 1. The van der Waals surface area contributed by atoms with Crippen molar-refractivity contribution in [2.45, 2.75) is 46.2 Å². The summed E-state index contributed by atoms with van der Waals surface area (Å²) in [4.78, 5) is 13.8. The van der Waals surface area contributed by atoms with Gasteiger partial charge < -0.3 is 16.0 Å². The van der Waals surface area contributed by atoms with Gasteiger partial charge in [-0.15, -0.1) is 0 Å². The Morgan fingerprint density at radius 2 is 2.00 bits per heavy atom. The second-order valence-electron chi connectivity index (χ2n) is 5.77. The average molecular weight is 295 g/mol. The van der Waals surface area contributed by atoms with E-state index < -0.39 is 6.04 Å². The van der Waals surface area contributed by atoms with Crippen LogP contribution >= 0.6 is 0 Å². The van der Waals surface area contributed by atoms with E-state index in [1.54, 1.807) is 12.1 Å². The normalized spacial score (nSPS) is 13.9. The van der Waals surface area contributed by atoms with E-state index >= 15 is 0 Å². The van der Waals surface area contributed by atoms with Crippen LogP contribution in [0.1, 0.15) is 34.1 Å². The van der Waals surface area contributed by atoms with Crippen LogP contribution in [0.5, 0.6) is 0 Å². The number of rotatable bonds is 6. The highest BCUT2D eigenvalue weighted by molar-refractivity contribution is 5.95. The Labute approximate surface area is 126 Å². The molecule has 0 radical (unpaired) electrons. The summed E-state index contributed by atoms with van der Waals surface area (Å²) in [6.07, 6.45) is 0.821. The van der Waals surface area contributed by atoms with Crippen LogP contribution in [0, 0.1) is 11.7 Å². The maximum absolute atomic E-state index is 14.1. The molecule has 1 aromatic rings. The lowest BCUT2D eigenvalue weighted by Gasteiger charge is -2.24. The van der Waals surface area contributed by atoms with Gasteiger partial charge in [-0.3, -0.25) is 4.79 Å². The highest BCUT2D eigenvalue weighted by Crippen LogP contribution is 2.23. The monoisotopic (exact) mass is 295 g/mol. The molecule has 0 aromatic heterocycles. The minimum Gasteiger partial charge on any atom is -0.370 e. The van der Waals surface area contributed by atoms with Crippen LogP contribution in [0.3, 0.4) is 0 Å². The highest BCUT2D eigenvalue weighted by atomic mass is 19.1. The second kappa shape index (κ2) is 7.41. The topological polar surface area (TPSA) is 58.4 Å². The first-order chi connectivity index (χ1) is 9.77. The molecule has 0 spiro atoms. The Hall–Kier alpha value is -1.62. The zero-order chi connectivity index (χ0) is 16.2. The Bertz CT molecular complexity index is 490. The van der Waals surface area contributed by atoms with Crippen LogP contribution in [0.2, 0.25) is 0 Å². The van der Waals surface area contributed by atoms with Crippen molar-refractivity contribution in [2.24, 2.45) is 11.7 Å². The number of halogens is 1. The summed E-state index contributed by atoms with van der Waals surface area (Å²) in [5.41, 5.74) is 6.80. The molecular weight excluding hydrogens is 269 g/mol. The number of anilines is 2. The van der Waals surface area contributed by atoms with Crippen LogP contribution in [-0.2, 0) is 4.79 Å². The van der Waals surface area contributed by atoms with E-state index in [0.29, 0.717) is 11.4 Å². The molecule has 3 N–H and O–H groups in total. The lowest BCUT2D eigenvalue weighted by atomic mass is 9.99. The lowest BCUT2D eigenvalue weighted by molar-refractivity contribution is -0.118. The van der Waals surface area contributed by atoms with Gasteiger partial charge in [-0.1, -0.05) is 20.3 Å². The molecule has 0 bridgehead atoms. The van der Waals surface area contributed by atoms with E-state index in [0.717, 1.165) is 6.42 Å². The molecular formula is C16H26FN3O. The summed E-state index contributed by atoms with van der Waals surface area (Å²) < 4.78 is 14.1. The third-order valence-corrected chi connectivity index (χ3v) is 3.93. The number of carbonyl (C=O) groups excluding carboxylic acids is 1. The predicted molar refractivity (Wildman–Crippen MR) is 86.0 cm³/mol. The average Bonchev–Trinajstić information content (AvgIpc) is 2.44. The number of benzene rings is 1. The molecule has 0 heterocycles. The van der Waals surface area contributed by atoms with Gasteiger partial charge in [-0.25, -0.2) is 4.39 Å². The van der Waals surface area contributed by atoms with E-state index in [2.05, 4.69) is 5.32 Å². The van der Waals surface area contributed by atoms with Gasteiger partial charge in [-0.2, -0.15) is 0 Å². The van der Waals surface area contributed by atoms with Crippen molar-refractivity contribution in [3.8, 4) is 0 Å². The Morgan fingerprint density at radius 1 is 1.38 bits per heavy atom. The third-order valence-electron chi connectivity index (χ3n) is 3.93. The van der Waals surface area contributed by atoms with Crippen molar-refractivity contribution < 1.29 is 9.18 Å². The fourth-order valence-electron chi connectivity index (χ4n) is 1.89. The summed E-state index contributed by atoms with van der Waals surface area (Å²) in [5, 5.41) is 2.67. The summed E-state index contributed by atoms with van der Waals surface area (Å²) in [7, 11) is 1.83. The molecule has 4 nitrogen and oxygen atoms in total. The largest absolute Gasteiger partial charge is 0.370 e. The molecule has 21 heavy (non-hydrogen) atoms. The summed E-state index contributed by atoms with van der Waals surface area (Å²) in [6, 6.07) is 4.29. The van der Waals surface area contributed by atoms with Gasteiger partial charge in [-0.05, 0) is 38.0 Å². The Morgan fingerprint density at radius 3 is 2.48 bits per heavy atom. The van der Waals surface area contributed by atoms with Gasteiger partial charge in [0.25, 0.3) is 0 Å². The first kappa shape index (κ1) is 17.4. The fraction of sp³-hybridized carbons (Fsp3) is 0.562. The maximum Gasteiger partial charge on any atom is 0.241 e. The molecule has 2 atom stereocenters. The van der Waals surface area contributed by atoms with Crippen molar-refractivity contribution in [2.75, 3.05) is 17.3 Å². The van der Waals surface area contributed by atoms with Crippen molar-refractivity contribution in [1.29, 1.82) is 0 Å². The molecule has 1 amide bonds. The summed E-state index contributed by atoms with van der Waals surface area (Å²) in [6.45, 7) is 7.88. The molecule has 0 saturated heterocycles. The van der Waals surface area contributed by atoms with Gasteiger partial charge in [0.15, 0.2) is 0 Å². The molecule has 0 aliphatic rings. The summed E-state index contributed by atoms with van der Waals surface area (Å²) in [5.74, 6) is -0.559. The van der Waals surface area contributed by atoms with E-state index in [1.165, 1.54) is 6.07 Å². The van der Waals surface area contributed by atoms with Crippen LogP contribution in [0.15, 0.2) is 18.2 Å². The highest BCUT2D eigenvalue weighted by Gasteiger charge is 2.20. The number of hydrogen-bond acceptors (Lipinski definition) is 3. The Kier molecular flexibility index (Phi) is 6.15. The zero-order valence-corrected chi connectivity index (χ0v) is 13.5. The lowest BCUT2D eigenvalue weighted by Crippen LogP contribution is -2.40. The van der Waals surface area contributed by atoms with Crippen LogP contribution in [0.25, 0.3) is 0 Å². The number of nitrogens with one attached hydrogen (secondary N) is 1. The van der Waals surface area contributed by atoms with Gasteiger partial charge in [0.2, 0.25) is 5.91 Å². The molecule has 5 heteroatoms. The molecule has 0 aliphatic heterocycles.